The molecule has 3 fully saturated rings. The number of rotatable bonds is 8. The number of halogens is 2. The van der Waals surface area contributed by atoms with Gasteiger partial charge in [-0.05, 0) is 36.7 Å². The fourth-order valence-corrected chi connectivity index (χ4v) is 5.97. The number of piperidine rings is 1. The van der Waals surface area contributed by atoms with Crippen molar-refractivity contribution in [3.05, 3.63) is 22.2 Å². The molecular formula is C26H35ClFN3O9. The molecule has 1 aromatic carbocycles. The minimum absolute atomic E-state index is 0.165. The van der Waals surface area contributed by atoms with E-state index >= 15 is 0 Å². The molecule has 7 N–H and O–H groups in total. The molecule has 0 bridgehead atoms. The average Bonchev–Trinajstić information content (AvgIpc) is 3.39. The first-order valence-electron chi connectivity index (χ1n) is 13.2. The van der Waals surface area contributed by atoms with Crippen molar-refractivity contribution in [1.29, 1.82) is 0 Å². The second-order valence-electron chi connectivity index (χ2n) is 10.8. The van der Waals surface area contributed by atoms with Crippen LogP contribution >= 0.6 is 11.6 Å². The Morgan fingerprint density at radius 1 is 1.12 bits per heavy atom. The van der Waals surface area contributed by atoms with Crippen LogP contribution in [0.4, 0.5) is 10.1 Å². The first-order chi connectivity index (χ1) is 18.9. The van der Waals surface area contributed by atoms with Crippen molar-refractivity contribution < 1.29 is 48.7 Å². The Labute approximate surface area is 235 Å². The normalized spacial score (nSPS) is 26.1. The zero-order chi connectivity index (χ0) is 29.2. The van der Waals surface area contributed by atoms with Gasteiger partial charge in [0.1, 0.15) is 11.4 Å². The number of hydrogen-bond donors (Lipinski definition) is 6. The number of anilines is 1. The smallest absolute Gasteiger partial charge is 0.335 e. The van der Waals surface area contributed by atoms with Crippen LogP contribution in [0, 0.1) is 17.8 Å². The first-order valence-corrected chi connectivity index (χ1v) is 13.6. The summed E-state index contributed by atoms with van der Waals surface area (Å²) in [6.07, 6.45) is -1.90. The van der Waals surface area contributed by atoms with Gasteiger partial charge < -0.3 is 41.0 Å². The average molecular weight is 588 g/mol. The summed E-state index contributed by atoms with van der Waals surface area (Å²) < 4.78 is 25.9. The maximum absolute atomic E-state index is 14.9. The number of amides is 1. The molecule has 0 spiro atoms. The van der Waals surface area contributed by atoms with E-state index in [9.17, 15) is 18.8 Å². The molecule has 222 valence electrons. The van der Waals surface area contributed by atoms with E-state index in [1.165, 1.54) is 0 Å². The van der Waals surface area contributed by atoms with Crippen LogP contribution in [-0.2, 0) is 20.7 Å². The number of alkyl halides is 1. The van der Waals surface area contributed by atoms with Crippen molar-refractivity contribution in [2.24, 2.45) is 17.8 Å². The van der Waals surface area contributed by atoms with Crippen LogP contribution in [0.15, 0.2) is 6.07 Å². The van der Waals surface area contributed by atoms with E-state index in [0.29, 0.717) is 85.5 Å². The van der Waals surface area contributed by atoms with E-state index in [4.69, 9.17) is 47.2 Å². The minimum Gasteiger partial charge on any atom is -0.492 e. The summed E-state index contributed by atoms with van der Waals surface area (Å²) >= 11 is 6.25. The number of hydrogen-bond acceptors (Lipinski definition) is 9. The number of carbonyl (C=O) groups excluding carboxylic acids is 1. The molecule has 3 aliphatic heterocycles. The number of carbonyl (C=O) groups is 3. The van der Waals surface area contributed by atoms with E-state index in [1.807, 2.05) is 0 Å². The van der Waals surface area contributed by atoms with E-state index in [1.54, 1.807) is 6.07 Å². The Morgan fingerprint density at radius 3 is 2.30 bits per heavy atom. The largest absolute Gasteiger partial charge is 0.492 e. The second kappa shape index (κ2) is 12.4. The number of aliphatic hydroxyl groups is 2. The fourth-order valence-electron chi connectivity index (χ4n) is 5.74. The summed E-state index contributed by atoms with van der Waals surface area (Å²) in [5, 5.41) is 36.0. The van der Waals surface area contributed by atoms with Crippen LogP contribution in [0.2, 0.25) is 5.02 Å². The number of benzene rings is 1. The van der Waals surface area contributed by atoms with E-state index in [-0.39, 0.29) is 5.91 Å². The second-order valence-corrected chi connectivity index (χ2v) is 11.2. The lowest BCUT2D eigenvalue weighted by Gasteiger charge is -2.34. The molecule has 1 aromatic rings. The van der Waals surface area contributed by atoms with Gasteiger partial charge in [-0.3, -0.25) is 9.69 Å². The molecule has 1 amide bonds. The molecule has 14 heteroatoms. The lowest BCUT2D eigenvalue weighted by atomic mass is 9.96. The molecule has 4 unspecified atom stereocenters. The van der Waals surface area contributed by atoms with Gasteiger partial charge in [0, 0.05) is 57.8 Å². The molecule has 1 aliphatic carbocycles. The molecule has 1 saturated carbocycles. The standard InChI is InChI=1S/C22H29ClFN3O3.C4H6O6/c23-18-8-14(20-13(19(18)25)2-1-5-30-20)21(28)26-9-15-16-10-27(11-17(15)16)12-22(24)3-6-29-7-4-22;5-1(3(7)8)2(6)4(9)10/h8,15-17H,1-7,9-12,25H2,(H,26,28);1-2,5-6H,(H,7,8)(H,9,10). The van der Waals surface area contributed by atoms with Gasteiger partial charge in [0.05, 0.1) is 22.9 Å². The number of likely N-dealkylation sites (tertiary alicyclic amines) is 1. The number of nitrogens with two attached hydrogens (primary N) is 1. The third-order valence-electron chi connectivity index (χ3n) is 8.08. The van der Waals surface area contributed by atoms with Crippen LogP contribution < -0.4 is 15.8 Å². The van der Waals surface area contributed by atoms with Gasteiger partial charge in [0.25, 0.3) is 5.91 Å². The van der Waals surface area contributed by atoms with Crippen molar-refractivity contribution in [3.8, 4) is 5.75 Å². The van der Waals surface area contributed by atoms with Gasteiger partial charge in [0.2, 0.25) is 0 Å². The van der Waals surface area contributed by atoms with Gasteiger partial charge in [-0.15, -0.1) is 0 Å². The lowest BCUT2D eigenvalue weighted by Crippen LogP contribution is -2.44. The summed E-state index contributed by atoms with van der Waals surface area (Å²) in [7, 11) is 0. The number of nitrogens with one attached hydrogen (secondary N) is 1. The maximum atomic E-state index is 14.9. The quantitative estimate of drug-likeness (QED) is 0.233. The number of fused-ring (bicyclic) bond motifs is 2. The zero-order valence-corrected chi connectivity index (χ0v) is 22.6. The van der Waals surface area contributed by atoms with Crippen LogP contribution in [0.5, 0.6) is 5.75 Å². The number of aliphatic carboxylic acids is 2. The van der Waals surface area contributed by atoms with Gasteiger partial charge in [-0.1, -0.05) is 11.6 Å². The van der Waals surface area contributed by atoms with Gasteiger partial charge >= 0.3 is 11.9 Å². The van der Waals surface area contributed by atoms with E-state index < -0.39 is 29.8 Å². The molecule has 5 rings (SSSR count). The highest BCUT2D eigenvalue weighted by Gasteiger charge is 2.56. The molecule has 0 radical (unpaired) electrons. The summed E-state index contributed by atoms with van der Waals surface area (Å²) in [4.78, 5) is 34.6. The summed E-state index contributed by atoms with van der Waals surface area (Å²) in [6, 6.07) is 1.61. The predicted octanol–water partition coefficient (Wildman–Crippen LogP) is 0.551. The van der Waals surface area contributed by atoms with Gasteiger partial charge in [-0.2, -0.15) is 0 Å². The molecule has 12 nitrogen and oxygen atoms in total. The number of carboxylic acid groups (broad SMARTS) is 2. The van der Waals surface area contributed by atoms with Crippen LogP contribution in [0.25, 0.3) is 0 Å². The van der Waals surface area contributed by atoms with Crippen molar-refractivity contribution in [1.82, 2.24) is 10.2 Å². The number of carboxylic acids is 2. The zero-order valence-electron chi connectivity index (χ0n) is 21.9. The highest BCUT2D eigenvalue weighted by atomic mass is 35.5. The predicted molar refractivity (Wildman–Crippen MR) is 140 cm³/mol. The highest BCUT2D eigenvalue weighted by Crippen LogP contribution is 2.52. The summed E-state index contributed by atoms with van der Waals surface area (Å²) in [5.74, 6) is -1.56. The SMILES string of the molecule is Nc1c(Cl)cc(C(=O)NCC2C3CN(CC4(F)CCOCC4)CC23)c2c1CCCO2.O=C(O)C(O)C(O)C(=O)O. The van der Waals surface area contributed by atoms with Crippen molar-refractivity contribution >= 4 is 35.1 Å². The molecule has 4 aliphatic rings. The van der Waals surface area contributed by atoms with Crippen molar-refractivity contribution in [2.45, 2.75) is 43.6 Å². The molecular weight excluding hydrogens is 553 g/mol. The Bertz CT molecular complexity index is 1100. The molecule has 0 aromatic heterocycles. The third kappa shape index (κ3) is 6.77. The van der Waals surface area contributed by atoms with E-state index in [2.05, 4.69) is 10.2 Å². The Morgan fingerprint density at radius 2 is 1.73 bits per heavy atom. The lowest BCUT2D eigenvalue weighted by molar-refractivity contribution is -0.165. The number of ether oxygens (including phenoxy) is 2. The molecule has 2 saturated heterocycles. The number of nitrogen functional groups attached to an aromatic ring is 1. The molecule has 3 heterocycles. The first kappa shape index (κ1) is 30.3. The Kier molecular flexibility index (Phi) is 9.40. The summed E-state index contributed by atoms with van der Waals surface area (Å²) in [6.45, 7) is 4.61. The Hall–Kier alpha value is -2.71. The molecule has 4 atom stereocenters. The van der Waals surface area contributed by atoms with E-state index in [0.717, 1.165) is 31.5 Å². The minimum atomic E-state index is -2.27. The highest BCUT2D eigenvalue weighted by molar-refractivity contribution is 6.33. The molecule has 40 heavy (non-hydrogen) atoms. The van der Waals surface area contributed by atoms with Gasteiger partial charge in [0.15, 0.2) is 12.2 Å². The van der Waals surface area contributed by atoms with Crippen molar-refractivity contribution in [2.75, 3.05) is 51.7 Å². The monoisotopic (exact) mass is 587 g/mol. The number of nitrogens with zero attached hydrogens (tertiary/aromatic N) is 1. The number of aliphatic hydroxyl groups excluding tert-OH is 2. The third-order valence-corrected chi connectivity index (χ3v) is 8.39. The Balaban J connectivity index is 0.000000318. The van der Waals surface area contributed by atoms with Crippen LogP contribution in [0.1, 0.15) is 35.2 Å². The van der Waals surface area contributed by atoms with Crippen LogP contribution in [-0.4, -0.2) is 107 Å². The maximum Gasteiger partial charge on any atom is 0.335 e. The topological polar surface area (TPSA) is 192 Å². The van der Waals surface area contributed by atoms with Gasteiger partial charge in [-0.25, -0.2) is 14.0 Å². The van der Waals surface area contributed by atoms with Crippen LogP contribution in [0.3, 0.4) is 0 Å². The fraction of sp³-hybridized carbons (Fsp3) is 0.654. The van der Waals surface area contributed by atoms with Crippen molar-refractivity contribution in [3.63, 3.8) is 0 Å². The summed E-state index contributed by atoms with van der Waals surface area (Å²) in [5.41, 5.74) is 6.79.